The first-order valence-corrected chi connectivity index (χ1v) is 7.93. The highest BCUT2D eigenvalue weighted by molar-refractivity contribution is 5.85. The summed E-state index contributed by atoms with van der Waals surface area (Å²) < 4.78 is 18.3. The number of hydrogen-bond acceptors (Lipinski definition) is 3. The number of amides is 1. The van der Waals surface area contributed by atoms with Crippen LogP contribution in [0.5, 0.6) is 5.75 Å². The van der Waals surface area contributed by atoms with Gasteiger partial charge in [0.05, 0.1) is 6.61 Å². The van der Waals surface area contributed by atoms with Crippen molar-refractivity contribution in [1.82, 2.24) is 10.2 Å². The van der Waals surface area contributed by atoms with Gasteiger partial charge in [-0.05, 0) is 57.0 Å². The Balaban J connectivity index is 0.00000264. The Kier molecular flexibility index (Phi) is 8.34. The lowest BCUT2D eigenvalue weighted by Gasteiger charge is -2.30. The lowest BCUT2D eigenvalue weighted by molar-refractivity contribution is -0.135. The number of ether oxygens (including phenoxy) is 1. The van der Waals surface area contributed by atoms with Gasteiger partial charge in [0.2, 0.25) is 5.91 Å². The van der Waals surface area contributed by atoms with Crippen molar-refractivity contribution in [1.29, 1.82) is 0 Å². The molecule has 0 aromatic heterocycles. The molecule has 4 nitrogen and oxygen atoms in total. The minimum atomic E-state index is -0.270. The molecule has 2 rings (SSSR count). The first-order chi connectivity index (χ1) is 10.6. The van der Waals surface area contributed by atoms with E-state index in [1.54, 1.807) is 17.0 Å². The molecule has 1 fully saturated rings. The Hall–Kier alpha value is -1.33. The summed E-state index contributed by atoms with van der Waals surface area (Å²) in [4.78, 5) is 14.2. The van der Waals surface area contributed by atoms with Crippen molar-refractivity contribution < 1.29 is 13.9 Å². The topological polar surface area (TPSA) is 41.6 Å². The smallest absolute Gasteiger partial charge is 0.225 e. The zero-order valence-corrected chi connectivity index (χ0v) is 14.6. The van der Waals surface area contributed by atoms with Crippen LogP contribution >= 0.6 is 12.4 Å². The van der Waals surface area contributed by atoms with Crippen LogP contribution in [-0.2, 0) is 4.79 Å². The molecule has 2 atom stereocenters. The van der Waals surface area contributed by atoms with E-state index in [-0.39, 0.29) is 30.0 Å². The number of nitrogens with zero attached hydrogens (tertiary/aromatic N) is 1. The molecule has 0 spiro atoms. The number of carbonyl (C=O) groups excluding carboxylic acids is 1. The van der Waals surface area contributed by atoms with Gasteiger partial charge in [-0.25, -0.2) is 4.39 Å². The normalized spacial score (nSPS) is 20.5. The van der Waals surface area contributed by atoms with E-state index in [0.717, 1.165) is 25.8 Å². The van der Waals surface area contributed by atoms with Crippen LogP contribution in [-0.4, -0.2) is 43.6 Å². The lowest BCUT2D eigenvalue weighted by atomic mass is 9.92. The average Bonchev–Trinajstić information content (AvgIpc) is 2.52. The predicted octanol–water partition coefficient (Wildman–Crippen LogP) is 2.86. The molecule has 1 saturated heterocycles. The van der Waals surface area contributed by atoms with Crippen LogP contribution in [0, 0.1) is 11.7 Å². The van der Waals surface area contributed by atoms with Crippen LogP contribution in [0.2, 0.25) is 0 Å². The molecule has 130 valence electrons. The first kappa shape index (κ1) is 19.7. The largest absolute Gasteiger partial charge is 0.494 e. The maximum atomic E-state index is 12.8. The zero-order chi connectivity index (χ0) is 15.9. The Morgan fingerprint density at radius 1 is 1.39 bits per heavy atom. The quantitative estimate of drug-likeness (QED) is 0.807. The second-order valence-electron chi connectivity index (χ2n) is 5.99. The van der Waals surface area contributed by atoms with Crippen LogP contribution in [0.3, 0.4) is 0 Å². The van der Waals surface area contributed by atoms with E-state index in [1.165, 1.54) is 12.1 Å². The van der Waals surface area contributed by atoms with Gasteiger partial charge >= 0.3 is 0 Å². The minimum Gasteiger partial charge on any atom is -0.494 e. The standard InChI is InChI=1S/C17H25FN2O2.ClH/c1-13-12-14(8-9-19-13)17(21)20(2)10-3-11-22-16-6-4-15(18)5-7-16;/h4-7,13-14,19H,3,8-12H2,1-2H3;1H/t13-,14-;/m0./s1. The van der Waals surface area contributed by atoms with E-state index < -0.39 is 0 Å². The summed E-state index contributed by atoms with van der Waals surface area (Å²) in [5.41, 5.74) is 0. The molecule has 1 aliphatic heterocycles. The second kappa shape index (κ2) is 9.73. The number of rotatable bonds is 6. The Labute approximate surface area is 143 Å². The fraction of sp³-hybridized carbons (Fsp3) is 0.588. The third-order valence-electron chi connectivity index (χ3n) is 4.07. The van der Waals surface area contributed by atoms with Crippen LogP contribution < -0.4 is 10.1 Å². The number of nitrogens with one attached hydrogen (secondary N) is 1. The van der Waals surface area contributed by atoms with Crippen molar-refractivity contribution in [2.75, 3.05) is 26.7 Å². The summed E-state index contributed by atoms with van der Waals surface area (Å²) in [6, 6.07) is 6.39. The molecule has 6 heteroatoms. The summed E-state index contributed by atoms with van der Waals surface area (Å²) in [7, 11) is 1.85. The number of carbonyl (C=O) groups is 1. The highest BCUT2D eigenvalue weighted by atomic mass is 35.5. The fourth-order valence-corrected chi connectivity index (χ4v) is 2.80. The second-order valence-corrected chi connectivity index (χ2v) is 5.99. The highest BCUT2D eigenvalue weighted by Gasteiger charge is 2.26. The maximum Gasteiger partial charge on any atom is 0.225 e. The van der Waals surface area contributed by atoms with Gasteiger partial charge in [-0.1, -0.05) is 0 Å². The van der Waals surface area contributed by atoms with Crippen LogP contribution in [0.4, 0.5) is 4.39 Å². The lowest BCUT2D eigenvalue weighted by Crippen LogP contribution is -2.43. The Morgan fingerprint density at radius 2 is 2.09 bits per heavy atom. The molecule has 0 bridgehead atoms. The Bertz CT molecular complexity index is 484. The van der Waals surface area contributed by atoms with Crippen LogP contribution in [0.1, 0.15) is 26.2 Å². The summed E-state index contributed by atoms with van der Waals surface area (Å²) in [5, 5.41) is 3.36. The van der Waals surface area contributed by atoms with E-state index in [1.807, 2.05) is 7.05 Å². The van der Waals surface area contributed by atoms with E-state index >= 15 is 0 Å². The van der Waals surface area contributed by atoms with Gasteiger partial charge in [0.1, 0.15) is 11.6 Å². The van der Waals surface area contributed by atoms with Gasteiger partial charge in [-0.2, -0.15) is 0 Å². The molecule has 0 aliphatic carbocycles. The third-order valence-corrected chi connectivity index (χ3v) is 4.07. The van der Waals surface area contributed by atoms with Crippen molar-refractivity contribution in [3.63, 3.8) is 0 Å². The molecule has 1 aromatic carbocycles. The molecule has 0 unspecified atom stereocenters. The van der Waals surface area contributed by atoms with E-state index in [4.69, 9.17) is 4.74 Å². The van der Waals surface area contributed by atoms with Gasteiger partial charge in [-0.15, -0.1) is 12.4 Å². The highest BCUT2D eigenvalue weighted by Crippen LogP contribution is 2.18. The van der Waals surface area contributed by atoms with Gasteiger partial charge in [0, 0.05) is 25.6 Å². The molecule has 23 heavy (non-hydrogen) atoms. The van der Waals surface area contributed by atoms with Gasteiger partial charge in [0.25, 0.3) is 0 Å². The van der Waals surface area contributed by atoms with Crippen molar-refractivity contribution in [3.05, 3.63) is 30.1 Å². The molecule has 0 radical (unpaired) electrons. The summed E-state index contributed by atoms with van der Waals surface area (Å²) in [6.07, 6.45) is 2.59. The monoisotopic (exact) mass is 344 g/mol. The summed E-state index contributed by atoms with van der Waals surface area (Å²) in [5.74, 6) is 0.755. The minimum absolute atomic E-state index is 0. The van der Waals surface area contributed by atoms with Crippen molar-refractivity contribution in [2.45, 2.75) is 32.2 Å². The predicted molar refractivity (Wildman–Crippen MR) is 91.6 cm³/mol. The zero-order valence-electron chi connectivity index (χ0n) is 13.8. The molecule has 1 aliphatic rings. The summed E-state index contributed by atoms with van der Waals surface area (Å²) >= 11 is 0. The molecule has 0 saturated carbocycles. The maximum absolute atomic E-state index is 12.8. The SMILES string of the molecule is C[C@H]1C[C@@H](C(=O)N(C)CCCOc2ccc(F)cc2)CCN1.Cl. The van der Waals surface area contributed by atoms with Crippen molar-refractivity contribution in [3.8, 4) is 5.75 Å². The van der Waals surface area contributed by atoms with Crippen molar-refractivity contribution >= 4 is 18.3 Å². The number of piperidine rings is 1. The average molecular weight is 345 g/mol. The van der Waals surface area contributed by atoms with Gasteiger partial charge < -0.3 is 15.0 Å². The van der Waals surface area contributed by atoms with Crippen molar-refractivity contribution in [2.24, 2.45) is 5.92 Å². The molecule has 1 N–H and O–H groups in total. The number of hydrogen-bond donors (Lipinski definition) is 1. The van der Waals surface area contributed by atoms with E-state index in [0.29, 0.717) is 24.9 Å². The molecular weight excluding hydrogens is 319 g/mol. The van der Waals surface area contributed by atoms with Crippen LogP contribution in [0.25, 0.3) is 0 Å². The molecule has 1 aromatic rings. The fourth-order valence-electron chi connectivity index (χ4n) is 2.80. The van der Waals surface area contributed by atoms with Gasteiger partial charge in [-0.3, -0.25) is 4.79 Å². The van der Waals surface area contributed by atoms with E-state index in [9.17, 15) is 9.18 Å². The molecule has 1 amide bonds. The molecular formula is C17H26ClFN2O2. The number of benzene rings is 1. The number of halogens is 2. The third kappa shape index (κ3) is 6.36. The molecule has 1 heterocycles. The Morgan fingerprint density at radius 3 is 2.74 bits per heavy atom. The van der Waals surface area contributed by atoms with Gasteiger partial charge in [0.15, 0.2) is 0 Å². The van der Waals surface area contributed by atoms with E-state index in [2.05, 4.69) is 12.2 Å². The van der Waals surface area contributed by atoms with Crippen LogP contribution in [0.15, 0.2) is 24.3 Å². The summed E-state index contributed by atoms with van der Waals surface area (Å²) in [6.45, 7) is 4.24. The first-order valence-electron chi connectivity index (χ1n) is 7.93.